The molecule has 4 nitrogen and oxygen atoms in total. The van der Waals surface area contributed by atoms with Gasteiger partial charge in [0.25, 0.3) is 0 Å². The Hall–Kier alpha value is -1.94. The molecule has 0 unspecified atom stereocenters. The van der Waals surface area contributed by atoms with Gasteiger partial charge in [0, 0.05) is 23.2 Å². The van der Waals surface area contributed by atoms with E-state index in [4.69, 9.17) is 21.9 Å². The van der Waals surface area contributed by atoms with E-state index in [1.165, 1.54) is 0 Å². The van der Waals surface area contributed by atoms with E-state index in [1.54, 1.807) is 6.07 Å². The number of nitrogen functional groups attached to an aromatic ring is 1. The van der Waals surface area contributed by atoms with Crippen molar-refractivity contribution in [1.82, 2.24) is 10.1 Å². The largest absolute Gasteiger partial charge is 0.381 e. The fourth-order valence-electron chi connectivity index (χ4n) is 1.74. The third-order valence-corrected chi connectivity index (χ3v) is 2.77. The lowest BCUT2D eigenvalue weighted by Crippen LogP contribution is -1.79. The first kappa shape index (κ1) is 9.30. The zero-order valence-corrected chi connectivity index (χ0v) is 8.95. The summed E-state index contributed by atoms with van der Waals surface area (Å²) in [5.74, 6) is 0.998. The molecule has 5 heteroatoms. The second-order valence-corrected chi connectivity index (χ2v) is 3.89. The first-order chi connectivity index (χ1) is 7.75. The molecule has 80 valence electrons. The van der Waals surface area contributed by atoms with Crippen LogP contribution >= 0.6 is 11.6 Å². The highest BCUT2D eigenvalue weighted by Gasteiger charge is 2.11. The Labute approximate surface area is 96.0 Å². The molecule has 0 atom stereocenters. The number of nitrogens with one attached hydrogen (secondary N) is 1. The van der Waals surface area contributed by atoms with Crippen molar-refractivity contribution in [3.63, 3.8) is 0 Å². The third-order valence-electron chi connectivity index (χ3n) is 2.46. The Kier molecular flexibility index (Phi) is 1.91. The smallest absolute Gasteiger partial charge is 0.171 e. The third kappa shape index (κ3) is 1.27. The first-order valence-corrected chi connectivity index (χ1v) is 5.11. The van der Waals surface area contributed by atoms with E-state index in [9.17, 15) is 0 Å². The second-order valence-electron chi connectivity index (χ2n) is 3.48. The second kappa shape index (κ2) is 3.28. The van der Waals surface area contributed by atoms with Crippen molar-refractivity contribution in [3.8, 4) is 11.3 Å². The molecule has 0 saturated carbocycles. The molecule has 16 heavy (non-hydrogen) atoms. The lowest BCUT2D eigenvalue weighted by molar-refractivity contribution is 0.436. The average molecular weight is 234 g/mol. The van der Waals surface area contributed by atoms with Crippen LogP contribution in [0.5, 0.6) is 0 Å². The molecular formula is C11H8ClN3O. The number of rotatable bonds is 1. The van der Waals surface area contributed by atoms with Crippen molar-refractivity contribution < 1.29 is 4.52 Å². The molecule has 0 bridgehead atoms. The van der Waals surface area contributed by atoms with Crippen LogP contribution < -0.4 is 5.73 Å². The molecule has 0 aliphatic heterocycles. The standard InChI is InChI=1S/C11H8ClN3O/c12-8-3-1-2-6-7(5-14-11(6)8)9-4-10(13)15-16-9/h1-5,14H,(H2,13,15). The van der Waals surface area contributed by atoms with E-state index in [0.717, 1.165) is 16.5 Å². The Balaban J connectivity index is 2.29. The normalized spacial score (nSPS) is 11.1. The number of para-hydroxylation sites is 1. The molecule has 0 fully saturated rings. The van der Waals surface area contributed by atoms with Crippen molar-refractivity contribution in [2.24, 2.45) is 0 Å². The lowest BCUT2D eigenvalue weighted by Gasteiger charge is -1.94. The summed E-state index contributed by atoms with van der Waals surface area (Å²) in [7, 11) is 0. The molecule has 0 aliphatic carbocycles. The topological polar surface area (TPSA) is 67.8 Å². The van der Waals surface area contributed by atoms with Crippen molar-refractivity contribution in [1.29, 1.82) is 0 Å². The van der Waals surface area contributed by atoms with Crippen molar-refractivity contribution in [3.05, 3.63) is 35.5 Å². The summed E-state index contributed by atoms with van der Waals surface area (Å²) >= 11 is 6.06. The van der Waals surface area contributed by atoms with Gasteiger partial charge in [0.05, 0.1) is 10.5 Å². The van der Waals surface area contributed by atoms with E-state index < -0.39 is 0 Å². The summed E-state index contributed by atoms with van der Waals surface area (Å²) in [6.07, 6.45) is 1.83. The number of nitrogens with two attached hydrogens (primary N) is 1. The maximum absolute atomic E-state index is 6.06. The monoisotopic (exact) mass is 233 g/mol. The van der Waals surface area contributed by atoms with E-state index in [0.29, 0.717) is 16.6 Å². The van der Waals surface area contributed by atoms with Crippen LogP contribution in [0.15, 0.2) is 35.0 Å². The van der Waals surface area contributed by atoms with E-state index >= 15 is 0 Å². The number of aromatic nitrogens is 2. The van der Waals surface area contributed by atoms with Gasteiger partial charge in [-0.05, 0) is 6.07 Å². The Morgan fingerprint density at radius 3 is 3.00 bits per heavy atom. The van der Waals surface area contributed by atoms with Crippen LogP contribution in [0.2, 0.25) is 5.02 Å². The summed E-state index contributed by atoms with van der Waals surface area (Å²) in [5.41, 5.74) is 7.31. The highest BCUT2D eigenvalue weighted by atomic mass is 35.5. The number of hydrogen-bond donors (Lipinski definition) is 2. The Morgan fingerprint density at radius 2 is 2.25 bits per heavy atom. The average Bonchev–Trinajstić information content (AvgIpc) is 2.84. The van der Waals surface area contributed by atoms with Crippen LogP contribution in [0.3, 0.4) is 0 Å². The number of hydrogen-bond acceptors (Lipinski definition) is 3. The molecular weight excluding hydrogens is 226 g/mol. The molecule has 0 aliphatic rings. The molecule has 0 radical (unpaired) electrons. The van der Waals surface area contributed by atoms with Gasteiger partial charge < -0.3 is 15.2 Å². The van der Waals surface area contributed by atoms with Gasteiger partial charge in [-0.1, -0.05) is 28.9 Å². The van der Waals surface area contributed by atoms with Gasteiger partial charge in [0.2, 0.25) is 0 Å². The predicted molar refractivity (Wildman–Crippen MR) is 63.2 cm³/mol. The Bertz CT molecular complexity index is 656. The number of anilines is 1. The van der Waals surface area contributed by atoms with Gasteiger partial charge in [-0.2, -0.15) is 0 Å². The molecule has 1 aromatic carbocycles. The fraction of sp³-hybridized carbons (Fsp3) is 0. The minimum Gasteiger partial charge on any atom is -0.381 e. The van der Waals surface area contributed by atoms with Crippen LogP contribution in [-0.2, 0) is 0 Å². The minimum absolute atomic E-state index is 0.367. The maximum Gasteiger partial charge on any atom is 0.171 e. The summed E-state index contributed by atoms with van der Waals surface area (Å²) < 4.78 is 5.12. The molecule has 0 spiro atoms. The SMILES string of the molecule is Nc1cc(-c2c[nH]c3c(Cl)cccc23)on1. The number of nitrogens with zero attached hydrogens (tertiary/aromatic N) is 1. The van der Waals surface area contributed by atoms with Gasteiger partial charge in [0.15, 0.2) is 11.6 Å². The number of fused-ring (bicyclic) bond motifs is 1. The van der Waals surface area contributed by atoms with Gasteiger partial charge in [-0.15, -0.1) is 0 Å². The summed E-state index contributed by atoms with van der Waals surface area (Å²) in [5, 5.41) is 5.32. The van der Waals surface area contributed by atoms with Gasteiger partial charge in [0.1, 0.15) is 0 Å². The molecule has 2 heterocycles. The van der Waals surface area contributed by atoms with Crippen LogP contribution in [-0.4, -0.2) is 10.1 Å². The molecule has 3 rings (SSSR count). The van der Waals surface area contributed by atoms with Crippen molar-refractivity contribution in [2.45, 2.75) is 0 Å². The minimum atomic E-state index is 0.367. The van der Waals surface area contributed by atoms with Crippen LogP contribution in [0.25, 0.3) is 22.2 Å². The lowest BCUT2D eigenvalue weighted by atomic mass is 10.1. The fourth-order valence-corrected chi connectivity index (χ4v) is 1.97. The van der Waals surface area contributed by atoms with Crippen LogP contribution in [0.4, 0.5) is 5.82 Å². The van der Waals surface area contributed by atoms with E-state index in [2.05, 4.69) is 10.1 Å². The number of halogens is 1. The quantitative estimate of drug-likeness (QED) is 0.679. The van der Waals surface area contributed by atoms with Gasteiger partial charge >= 0.3 is 0 Å². The molecule has 3 aromatic rings. The van der Waals surface area contributed by atoms with Gasteiger partial charge in [-0.3, -0.25) is 0 Å². The number of aromatic amines is 1. The van der Waals surface area contributed by atoms with Crippen molar-refractivity contribution in [2.75, 3.05) is 5.73 Å². The summed E-state index contributed by atoms with van der Waals surface area (Å²) in [6, 6.07) is 7.37. The zero-order chi connectivity index (χ0) is 11.1. The number of H-pyrrole nitrogens is 1. The highest BCUT2D eigenvalue weighted by Crippen LogP contribution is 2.32. The van der Waals surface area contributed by atoms with Gasteiger partial charge in [-0.25, -0.2) is 0 Å². The predicted octanol–water partition coefficient (Wildman–Crippen LogP) is 3.06. The first-order valence-electron chi connectivity index (χ1n) is 4.74. The highest BCUT2D eigenvalue weighted by molar-refractivity contribution is 6.35. The molecule has 3 N–H and O–H groups in total. The number of benzene rings is 1. The van der Waals surface area contributed by atoms with E-state index in [1.807, 2.05) is 24.4 Å². The maximum atomic E-state index is 6.06. The summed E-state index contributed by atoms with van der Waals surface area (Å²) in [4.78, 5) is 3.10. The summed E-state index contributed by atoms with van der Waals surface area (Å²) in [6.45, 7) is 0. The Morgan fingerprint density at radius 1 is 1.38 bits per heavy atom. The van der Waals surface area contributed by atoms with Crippen LogP contribution in [0.1, 0.15) is 0 Å². The molecule has 0 saturated heterocycles. The van der Waals surface area contributed by atoms with Crippen LogP contribution in [0, 0.1) is 0 Å². The van der Waals surface area contributed by atoms with Crippen molar-refractivity contribution >= 4 is 28.3 Å². The molecule has 0 amide bonds. The zero-order valence-electron chi connectivity index (χ0n) is 8.20. The van der Waals surface area contributed by atoms with E-state index in [-0.39, 0.29) is 0 Å². The molecule has 2 aromatic heterocycles.